The van der Waals surface area contributed by atoms with Crippen molar-refractivity contribution in [3.05, 3.63) is 41.7 Å². The zero-order chi connectivity index (χ0) is 17.4. The van der Waals surface area contributed by atoms with Gasteiger partial charge in [0, 0.05) is 25.4 Å². The molecule has 132 valence electrons. The maximum Gasteiger partial charge on any atom is 0.230 e. The molecule has 0 N–H and O–H groups in total. The highest BCUT2D eigenvalue weighted by molar-refractivity contribution is 5.84. The number of amides is 1. The van der Waals surface area contributed by atoms with E-state index in [1.54, 1.807) is 4.68 Å². The summed E-state index contributed by atoms with van der Waals surface area (Å²) in [5.41, 5.74) is 2.08. The normalized spacial score (nSPS) is 20.6. The van der Waals surface area contributed by atoms with Crippen LogP contribution in [0.25, 0.3) is 0 Å². The molecule has 1 amide bonds. The second-order valence-corrected chi connectivity index (χ2v) is 6.76. The Labute approximate surface area is 147 Å². The van der Waals surface area contributed by atoms with Gasteiger partial charge in [-0.1, -0.05) is 6.07 Å². The van der Waals surface area contributed by atoms with Crippen molar-refractivity contribution in [2.24, 2.45) is 7.05 Å². The molecule has 2 aliphatic rings. The number of rotatable bonds is 3. The number of carbonyl (C=O) groups is 1. The highest BCUT2D eigenvalue weighted by atomic mass is 16.6. The van der Waals surface area contributed by atoms with Gasteiger partial charge in [-0.15, -0.1) is 0 Å². The van der Waals surface area contributed by atoms with Crippen LogP contribution in [0.4, 0.5) is 0 Å². The Morgan fingerprint density at radius 1 is 1.28 bits per heavy atom. The molecule has 6 nitrogen and oxygen atoms in total. The highest BCUT2D eigenvalue weighted by Gasteiger charge is 2.33. The second kappa shape index (κ2) is 6.43. The average molecular weight is 341 g/mol. The molecule has 2 aromatic rings. The van der Waals surface area contributed by atoms with Crippen LogP contribution in [0.5, 0.6) is 11.5 Å². The summed E-state index contributed by atoms with van der Waals surface area (Å²) in [7, 11) is 1.91. The lowest BCUT2D eigenvalue weighted by atomic mass is 9.98. The maximum absolute atomic E-state index is 13.1. The molecule has 6 heteroatoms. The number of likely N-dealkylation sites (tertiary alicyclic amines) is 1. The van der Waals surface area contributed by atoms with Crippen molar-refractivity contribution in [2.45, 2.75) is 31.7 Å². The molecular weight excluding hydrogens is 318 g/mol. The van der Waals surface area contributed by atoms with E-state index in [-0.39, 0.29) is 17.9 Å². The van der Waals surface area contributed by atoms with Crippen LogP contribution in [0.15, 0.2) is 30.6 Å². The van der Waals surface area contributed by atoms with Crippen molar-refractivity contribution in [1.29, 1.82) is 0 Å². The Kier molecular flexibility index (Phi) is 4.11. The summed E-state index contributed by atoms with van der Waals surface area (Å²) >= 11 is 0. The fraction of sp³-hybridized carbons (Fsp3) is 0.474. The Balaban J connectivity index is 1.55. The van der Waals surface area contributed by atoms with Crippen molar-refractivity contribution in [1.82, 2.24) is 14.7 Å². The van der Waals surface area contributed by atoms with E-state index in [1.165, 1.54) is 0 Å². The quantitative estimate of drug-likeness (QED) is 0.861. The molecule has 3 heterocycles. The van der Waals surface area contributed by atoms with E-state index >= 15 is 0 Å². The van der Waals surface area contributed by atoms with Gasteiger partial charge in [0.25, 0.3) is 0 Å². The van der Waals surface area contributed by atoms with Gasteiger partial charge in [-0.3, -0.25) is 9.48 Å². The van der Waals surface area contributed by atoms with Gasteiger partial charge >= 0.3 is 0 Å². The molecule has 1 aromatic carbocycles. The van der Waals surface area contributed by atoms with Crippen LogP contribution in [0.2, 0.25) is 0 Å². The van der Waals surface area contributed by atoms with E-state index in [0.29, 0.717) is 13.2 Å². The molecule has 1 saturated heterocycles. The van der Waals surface area contributed by atoms with E-state index in [9.17, 15) is 4.79 Å². The SMILES string of the molecule is CC(C(=O)N1CCCC1c1cnn(C)c1)c1ccc2c(c1)OCCO2. The third-order valence-electron chi connectivity index (χ3n) is 5.08. The lowest BCUT2D eigenvalue weighted by Crippen LogP contribution is -2.33. The summed E-state index contributed by atoms with van der Waals surface area (Å²) in [5.74, 6) is 1.42. The molecule has 4 rings (SSSR count). The standard InChI is InChI=1S/C19H23N3O3/c1-13(14-5-6-17-18(10-14)25-9-8-24-17)19(23)22-7-3-4-16(22)15-11-20-21(2)12-15/h5-6,10-13,16H,3-4,7-9H2,1-2H3. The molecule has 0 spiro atoms. The molecular formula is C19H23N3O3. The lowest BCUT2D eigenvalue weighted by molar-refractivity contribution is -0.133. The topological polar surface area (TPSA) is 56.6 Å². The van der Waals surface area contributed by atoms with E-state index in [0.717, 1.165) is 42.0 Å². The summed E-state index contributed by atoms with van der Waals surface area (Å²) in [6.07, 6.45) is 5.89. The number of nitrogens with zero attached hydrogens (tertiary/aromatic N) is 3. The minimum Gasteiger partial charge on any atom is -0.486 e. The summed E-state index contributed by atoms with van der Waals surface area (Å²) < 4.78 is 13.0. The molecule has 0 saturated carbocycles. The van der Waals surface area contributed by atoms with E-state index in [1.807, 2.05) is 49.5 Å². The highest BCUT2D eigenvalue weighted by Crippen LogP contribution is 2.37. The fourth-order valence-corrected chi connectivity index (χ4v) is 3.71. The van der Waals surface area contributed by atoms with Crippen molar-refractivity contribution >= 4 is 5.91 Å². The van der Waals surface area contributed by atoms with Crippen LogP contribution in [-0.4, -0.2) is 40.3 Å². The molecule has 0 bridgehead atoms. The van der Waals surface area contributed by atoms with Crippen LogP contribution < -0.4 is 9.47 Å². The summed E-state index contributed by atoms with van der Waals surface area (Å²) in [4.78, 5) is 15.1. The molecule has 2 aliphatic heterocycles. The lowest BCUT2D eigenvalue weighted by Gasteiger charge is -2.27. The largest absolute Gasteiger partial charge is 0.486 e. The van der Waals surface area contributed by atoms with Crippen molar-refractivity contribution < 1.29 is 14.3 Å². The van der Waals surface area contributed by atoms with Crippen LogP contribution in [0, 0.1) is 0 Å². The van der Waals surface area contributed by atoms with Gasteiger partial charge in [0.1, 0.15) is 13.2 Å². The Morgan fingerprint density at radius 3 is 2.84 bits per heavy atom. The minimum atomic E-state index is -0.215. The van der Waals surface area contributed by atoms with Crippen LogP contribution in [0.1, 0.15) is 42.9 Å². The Bertz CT molecular complexity index is 786. The number of hydrogen-bond donors (Lipinski definition) is 0. The third kappa shape index (κ3) is 2.97. The van der Waals surface area contributed by atoms with Crippen LogP contribution in [-0.2, 0) is 11.8 Å². The van der Waals surface area contributed by atoms with Crippen molar-refractivity contribution in [2.75, 3.05) is 19.8 Å². The van der Waals surface area contributed by atoms with E-state index in [4.69, 9.17) is 9.47 Å². The predicted octanol–water partition coefficient (Wildman–Crippen LogP) is 2.66. The number of aromatic nitrogens is 2. The van der Waals surface area contributed by atoms with Gasteiger partial charge in [-0.25, -0.2) is 0 Å². The third-order valence-corrected chi connectivity index (χ3v) is 5.08. The summed E-state index contributed by atoms with van der Waals surface area (Å²) in [5, 5.41) is 4.25. The maximum atomic E-state index is 13.1. The zero-order valence-electron chi connectivity index (χ0n) is 14.6. The van der Waals surface area contributed by atoms with Crippen molar-refractivity contribution in [3.63, 3.8) is 0 Å². The monoisotopic (exact) mass is 341 g/mol. The molecule has 25 heavy (non-hydrogen) atoms. The molecule has 0 aliphatic carbocycles. The number of fused-ring (bicyclic) bond motifs is 1. The van der Waals surface area contributed by atoms with Gasteiger partial charge < -0.3 is 14.4 Å². The molecule has 0 radical (unpaired) electrons. The number of hydrogen-bond acceptors (Lipinski definition) is 4. The predicted molar refractivity (Wildman–Crippen MR) is 92.7 cm³/mol. The summed E-state index contributed by atoms with van der Waals surface area (Å²) in [6, 6.07) is 5.93. The van der Waals surface area contributed by atoms with Crippen molar-refractivity contribution in [3.8, 4) is 11.5 Å². The van der Waals surface area contributed by atoms with Crippen LogP contribution in [0.3, 0.4) is 0 Å². The first-order valence-corrected chi connectivity index (χ1v) is 8.82. The Hall–Kier alpha value is -2.50. The number of aryl methyl sites for hydroxylation is 1. The number of ether oxygens (including phenoxy) is 2. The molecule has 1 aromatic heterocycles. The first kappa shape index (κ1) is 16.0. The molecule has 1 fully saturated rings. The van der Waals surface area contributed by atoms with Gasteiger partial charge in [0.15, 0.2) is 11.5 Å². The first-order valence-electron chi connectivity index (χ1n) is 8.82. The van der Waals surface area contributed by atoms with Crippen LogP contribution >= 0.6 is 0 Å². The van der Waals surface area contributed by atoms with E-state index < -0.39 is 0 Å². The van der Waals surface area contributed by atoms with E-state index in [2.05, 4.69) is 5.10 Å². The zero-order valence-corrected chi connectivity index (χ0v) is 14.6. The van der Waals surface area contributed by atoms with Gasteiger partial charge in [0.2, 0.25) is 5.91 Å². The van der Waals surface area contributed by atoms with Gasteiger partial charge in [-0.2, -0.15) is 5.10 Å². The van der Waals surface area contributed by atoms with Gasteiger partial charge in [0.05, 0.1) is 18.2 Å². The Morgan fingerprint density at radius 2 is 2.08 bits per heavy atom. The number of benzene rings is 1. The summed E-state index contributed by atoms with van der Waals surface area (Å²) in [6.45, 7) is 3.88. The first-order chi connectivity index (χ1) is 12.1. The second-order valence-electron chi connectivity index (χ2n) is 6.76. The fourth-order valence-electron chi connectivity index (χ4n) is 3.71. The average Bonchev–Trinajstić information content (AvgIpc) is 3.28. The minimum absolute atomic E-state index is 0.126. The molecule has 2 atom stereocenters. The van der Waals surface area contributed by atoms with Gasteiger partial charge in [-0.05, 0) is 37.5 Å². The molecule has 2 unspecified atom stereocenters. The number of carbonyl (C=O) groups excluding carboxylic acids is 1. The smallest absolute Gasteiger partial charge is 0.230 e.